The van der Waals surface area contributed by atoms with Crippen LogP contribution in [0.2, 0.25) is 0 Å². The minimum atomic E-state index is -1.25. The third kappa shape index (κ3) is 3.17. The number of carbonyl (C=O) groups is 2. The topological polar surface area (TPSA) is 84.9 Å². The highest BCUT2D eigenvalue weighted by atomic mass is 16.5. The van der Waals surface area contributed by atoms with Gasteiger partial charge in [-0.05, 0) is 49.2 Å². The minimum absolute atomic E-state index is 0.380. The number of anilines is 1. The average molecular weight is 327 g/mol. The van der Waals surface area contributed by atoms with Gasteiger partial charge in [-0.2, -0.15) is 0 Å². The van der Waals surface area contributed by atoms with E-state index >= 15 is 0 Å². The van der Waals surface area contributed by atoms with Crippen LogP contribution in [0.3, 0.4) is 0 Å². The number of carbonyl (C=O) groups excluding carboxylic acids is 1. The zero-order valence-electron chi connectivity index (χ0n) is 13.1. The first-order valence-electron chi connectivity index (χ1n) is 7.50. The number of amides is 1. The molecule has 2 aromatic carbocycles. The Morgan fingerprint density at radius 3 is 2.29 bits per heavy atom. The zero-order valence-corrected chi connectivity index (χ0v) is 13.1. The molecule has 0 aromatic heterocycles. The van der Waals surface area contributed by atoms with Gasteiger partial charge in [0.25, 0.3) is 0 Å². The average Bonchev–Trinajstić information content (AvgIpc) is 3.39. The van der Waals surface area contributed by atoms with E-state index in [1.807, 2.05) is 18.2 Å². The van der Waals surface area contributed by atoms with Crippen LogP contribution in [0, 0.1) is 5.41 Å². The Hall–Kier alpha value is -3.02. The van der Waals surface area contributed by atoms with Crippen LogP contribution < -0.4 is 14.8 Å². The van der Waals surface area contributed by atoms with Gasteiger partial charge in [0.2, 0.25) is 5.91 Å². The number of nitrogens with one attached hydrogen (secondary N) is 1. The van der Waals surface area contributed by atoms with Crippen molar-refractivity contribution in [3.8, 4) is 17.2 Å². The lowest BCUT2D eigenvalue weighted by Crippen LogP contribution is -2.31. The van der Waals surface area contributed by atoms with E-state index in [1.54, 1.807) is 37.4 Å². The standard InChI is InChI=1S/C18H17NO5/c1-23-14-3-2-4-15(11-14)24-13-7-5-12(6-8-13)19-16(20)18(9-10-18)17(21)22/h2-8,11H,9-10H2,1H3,(H,19,20)(H,21,22). The second kappa shape index (κ2) is 6.23. The lowest BCUT2D eigenvalue weighted by atomic mass is 10.1. The summed E-state index contributed by atoms with van der Waals surface area (Å²) in [6, 6.07) is 14.0. The predicted molar refractivity (Wildman–Crippen MR) is 87.4 cm³/mol. The molecule has 0 unspecified atom stereocenters. The van der Waals surface area contributed by atoms with Crippen LogP contribution >= 0.6 is 0 Å². The molecule has 0 atom stereocenters. The Morgan fingerprint density at radius 2 is 1.71 bits per heavy atom. The second-order valence-electron chi connectivity index (χ2n) is 5.65. The summed E-state index contributed by atoms with van der Waals surface area (Å²) in [5.74, 6) is 0.379. The molecule has 6 nitrogen and oxygen atoms in total. The van der Waals surface area contributed by atoms with Gasteiger partial charge in [0.1, 0.15) is 22.7 Å². The number of carboxylic acid groups (broad SMARTS) is 1. The quantitative estimate of drug-likeness (QED) is 0.795. The van der Waals surface area contributed by atoms with Gasteiger partial charge in [-0.15, -0.1) is 0 Å². The molecule has 6 heteroatoms. The fourth-order valence-electron chi connectivity index (χ4n) is 2.32. The van der Waals surface area contributed by atoms with Gasteiger partial charge in [-0.25, -0.2) is 0 Å². The molecule has 0 heterocycles. The normalized spacial score (nSPS) is 14.5. The summed E-state index contributed by atoms with van der Waals surface area (Å²) in [6.45, 7) is 0. The van der Waals surface area contributed by atoms with Crippen molar-refractivity contribution in [3.63, 3.8) is 0 Å². The van der Waals surface area contributed by atoms with Crippen molar-refractivity contribution >= 4 is 17.6 Å². The Balaban J connectivity index is 1.65. The van der Waals surface area contributed by atoms with Gasteiger partial charge in [-0.1, -0.05) is 6.07 Å². The molecule has 0 saturated heterocycles. The van der Waals surface area contributed by atoms with E-state index in [2.05, 4.69) is 5.32 Å². The molecular formula is C18H17NO5. The molecule has 1 saturated carbocycles. The van der Waals surface area contributed by atoms with Crippen molar-refractivity contribution in [1.29, 1.82) is 0 Å². The first-order chi connectivity index (χ1) is 11.5. The van der Waals surface area contributed by atoms with Gasteiger partial charge < -0.3 is 19.9 Å². The molecule has 2 aromatic rings. The summed E-state index contributed by atoms with van der Waals surface area (Å²) in [4.78, 5) is 23.2. The van der Waals surface area contributed by atoms with E-state index in [0.29, 0.717) is 35.8 Å². The molecule has 0 bridgehead atoms. The van der Waals surface area contributed by atoms with Crippen LogP contribution in [0.25, 0.3) is 0 Å². The molecule has 1 aliphatic carbocycles. The van der Waals surface area contributed by atoms with E-state index in [-0.39, 0.29) is 0 Å². The molecule has 1 aliphatic rings. The second-order valence-corrected chi connectivity index (χ2v) is 5.65. The maximum atomic E-state index is 12.0. The lowest BCUT2D eigenvalue weighted by Gasteiger charge is -2.12. The van der Waals surface area contributed by atoms with Crippen LogP contribution in [-0.4, -0.2) is 24.1 Å². The highest BCUT2D eigenvalue weighted by Crippen LogP contribution is 2.46. The summed E-state index contributed by atoms with van der Waals surface area (Å²) in [5, 5.41) is 11.8. The van der Waals surface area contributed by atoms with E-state index in [1.165, 1.54) is 0 Å². The van der Waals surface area contributed by atoms with Crippen LogP contribution in [0.15, 0.2) is 48.5 Å². The van der Waals surface area contributed by atoms with Gasteiger partial charge in [0.15, 0.2) is 0 Å². The molecule has 1 amide bonds. The third-order valence-corrected chi connectivity index (χ3v) is 3.98. The monoisotopic (exact) mass is 327 g/mol. The fraction of sp³-hybridized carbons (Fsp3) is 0.222. The summed E-state index contributed by atoms with van der Waals surface area (Å²) < 4.78 is 10.8. The number of methoxy groups -OCH3 is 1. The summed E-state index contributed by atoms with van der Waals surface area (Å²) in [7, 11) is 1.58. The van der Waals surface area contributed by atoms with Gasteiger partial charge in [0, 0.05) is 11.8 Å². The summed E-state index contributed by atoms with van der Waals surface area (Å²) in [5.41, 5.74) is -0.721. The van der Waals surface area contributed by atoms with E-state index < -0.39 is 17.3 Å². The number of carboxylic acids is 1. The molecule has 0 spiro atoms. The third-order valence-electron chi connectivity index (χ3n) is 3.98. The SMILES string of the molecule is COc1cccc(Oc2ccc(NC(=O)C3(C(=O)O)CC3)cc2)c1. The number of rotatable bonds is 6. The van der Waals surface area contributed by atoms with E-state index in [4.69, 9.17) is 14.6 Å². The number of hydrogen-bond acceptors (Lipinski definition) is 4. The zero-order chi connectivity index (χ0) is 17.2. The predicted octanol–water partition coefficient (Wildman–Crippen LogP) is 3.29. The maximum absolute atomic E-state index is 12.0. The number of ether oxygens (including phenoxy) is 2. The Kier molecular flexibility index (Phi) is 4.12. The Labute approximate surface area is 139 Å². The number of aliphatic carboxylic acids is 1. The highest BCUT2D eigenvalue weighted by molar-refractivity contribution is 6.10. The van der Waals surface area contributed by atoms with Crippen molar-refractivity contribution < 1.29 is 24.2 Å². The summed E-state index contributed by atoms with van der Waals surface area (Å²) >= 11 is 0. The van der Waals surface area contributed by atoms with Crippen LogP contribution in [0.1, 0.15) is 12.8 Å². The van der Waals surface area contributed by atoms with Crippen molar-refractivity contribution in [3.05, 3.63) is 48.5 Å². The highest BCUT2D eigenvalue weighted by Gasteiger charge is 2.57. The van der Waals surface area contributed by atoms with Crippen molar-refractivity contribution in [2.24, 2.45) is 5.41 Å². The minimum Gasteiger partial charge on any atom is -0.497 e. The van der Waals surface area contributed by atoms with Crippen molar-refractivity contribution in [1.82, 2.24) is 0 Å². The molecule has 124 valence electrons. The molecule has 1 fully saturated rings. The van der Waals surface area contributed by atoms with Crippen molar-refractivity contribution in [2.45, 2.75) is 12.8 Å². The fourth-order valence-corrected chi connectivity index (χ4v) is 2.32. The van der Waals surface area contributed by atoms with Crippen LogP contribution in [0.4, 0.5) is 5.69 Å². The first kappa shape index (κ1) is 15.9. The molecule has 0 radical (unpaired) electrons. The lowest BCUT2D eigenvalue weighted by molar-refractivity contribution is -0.147. The maximum Gasteiger partial charge on any atom is 0.319 e. The van der Waals surface area contributed by atoms with Gasteiger partial charge >= 0.3 is 5.97 Å². The molecule has 24 heavy (non-hydrogen) atoms. The number of benzene rings is 2. The molecule has 3 rings (SSSR count). The first-order valence-corrected chi connectivity index (χ1v) is 7.50. The van der Waals surface area contributed by atoms with E-state index in [9.17, 15) is 9.59 Å². The van der Waals surface area contributed by atoms with E-state index in [0.717, 1.165) is 0 Å². The number of hydrogen-bond donors (Lipinski definition) is 2. The molecule has 2 N–H and O–H groups in total. The Bertz CT molecular complexity index is 765. The Morgan fingerprint density at radius 1 is 1.04 bits per heavy atom. The van der Waals surface area contributed by atoms with Gasteiger partial charge in [0.05, 0.1) is 7.11 Å². The van der Waals surface area contributed by atoms with Gasteiger partial charge in [-0.3, -0.25) is 9.59 Å². The van der Waals surface area contributed by atoms with Crippen molar-refractivity contribution in [2.75, 3.05) is 12.4 Å². The largest absolute Gasteiger partial charge is 0.497 e. The molecular weight excluding hydrogens is 310 g/mol. The summed E-state index contributed by atoms with van der Waals surface area (Å²) in [6.07, 6.45) is 0.760. The smallest absolute Gasteiger partial charge is 0.319 e. The van der Waals surface area contributed by atoms with Crippen LogP contribution in [-0.2, 0) is 9.59 Å². The van der Waals surface area contributed by atoms with Crippen LogP contribution in [0.5, 0.6) is 17.2 Å². The molecule has 0 aliphatic heterocycles.